The number of benzene rings is 2. The molecule has 0 bridgehead atoms. The molecule has 0 heterocycles. The number of rotatable bonds is 6. The van der Waals surface area contributed by atoms with Gasteiger partial charge in [0, 0.05) is 15.7 Å². The van der Waals surface area contributed by atoms with Crippen LogP contribution in [0, 0.1) is 6.92 Å². The first kappa shape index (κ1) is 20.6. The maximum absolute atomic E-state index is 13.4. The minimum Gasteiger partial charge on any atom is -0.488 e. The lowest BCUT2D eigenvalue weighted by atomic mass is 10.0. The van der Waals surface area contributed by atoms with Gasteiger partial charge in [-0.15, -0.1) is 0 Å². The fourth-order valence-corrected chi connectivity index (χ4v) is 3.15. The smallest absolute Gasteiger partial charge is 0.267 e. The Morgan fingerprint density at radius 3 is 2.65 bits per heavy atom. The Kier molecular flexibility index (Phi) is 7.34. The van der Waals surface area contributed by atoms with E-state index in [0.29, 0.717) is 12.1 Å². The van der Waals surface area contributed by atoms with Crippen molar-refractivity contribution < 1.29 is 18.3 Å². The molecule has 0 saturated heterocycles. The fraction of sp³-hybridized carbons (Fsp3) is 0.316. The van der Waals surface area contributed by atoms with E-state index in [1.54, 1.807) is 6.07 Å². The predicted octanol–water partition coefficient (Wildman–Crippen LogP) is 6.18. The molecule has 0 aliphatic rings. The van der Waals surface area contributed by atoms with Crippen LogP contribution in [0.15, 0.2) is 34.8 Å². The summed E-state index contributed by atoms with van der Waals surface area (Å²) in [6, 6.07) is 8.69. The van der Waals surface area contributed by atoms with Crippen LogP contribution in [-0.4, -0.2) is 12.3 Å². The molecule has 0 unspecified atom stereocenters. The summed E-state index contributed by atoms with van der Waals surface area (Å²) in [6.45, 7) is 3.93. The monoisotopic (exact) mass is 443 g/mol. The summed E-state index contributed by atoms with van der Waals surface area (Å²) in [5.74, 6) is 0.186. The lowest BCUT2D eigenvalue weighted by Gasteiger charge is -2.17. The normalized spacial score (nSPS) is 10.7. The van der Waals surface area contributed by atoms with Crippen molar-refractivity contribution >= 4 is 39.0 Å². The number of nitrogens with one attached hydrogen (secondary N) is 1. The van der Waals surface area contributed by atoms with Gasteiger partial charge in [0.2, 0.25) is 0 Å². The minimum absolute atomic E-state index is 0.0959. The lowest BCUT2D eigenvalue weighted by molar-refractivity contribution is 0.144. The van der Waals surface area contributed by atoms with Crippen LogP contribution in [0.25, 0.3) is 0 Å². The molecule has 0 fully saturated rings. The molecule has 7 heteroatoms. The Hall–Kier alpha value is -1.73. The van der Waals surface area contributed by atoms with Gasteiger partial charge < -0.3 is 14.8 Å². The zero-order chi connectivity index (χ0) is 19.3. The predicted molar refractivity (Wildman–Crippen MR) is 107 cm³/mol. The maximum atomic E-state index is 13.4. The van der Waals surface area contributed by atoms with Crippen LogP contribution in [-0.2, 0) is 17.8 Å². The zero-order valence-corrected chi connectivity index (χ0v) is 17.1. The molecular weight excluding hydrogens is 424 g/mol. The molecule has 2 aromatic rings. The van der Waals surface area contributed by atoms with E-state index < -0.39 is 6.43 Å². The van der Waals surface area contributed by atoms with E-state index in [2.05, 4.69) is 21.2 Å². The quantitative estimate of drug-likeness (QED) is 0.539. The van der Waals surface area contributed by atoms with Gasteiger partial charge in [-0.2, -0.15) is 0 Å². The van der Waals surface area contributed by atoms with Gasteiger partial charge in [0.05, 0.1) is 12.7 Å². The highest BCUT2D eigenvalue weighted by Gasteiger charge is 2.18. The second-order valence-electron chi connectivity index (χ2n) is 5.64. The Bertz CT molecular complexity index is 799. The van der Waals surface area contributed by atoms with E-state index in [4.69, 9.17) is 21.7 Å². The SMILES string of the molecule is CCc1cc(C(F)F)c(OCc2c(Br)cccc2NC(=S)OC)cc1C. The van der Waals surface area contributed by atoms with Gasteiger partial charge in [-0.1, -0.05) is 28.9 Å². The topological polar surface area (TPSA) is 30.5 Å². The second kappa shape index (κ2) is 9.28. The van der Waals surface area contributed by atoms with Crippen molar-refractivity contribution in [3.05, 3.63) is 57.1 Å². The first-order valence-electron chi connectivity index (χ1n) is 8.04. The number of anilines is 1. The Morgan fingerprint density at radius 2 is 2.04 bits per heavy atom. The molecule has 0 aromatic heterocycles. The van der Waals surface area contributed by atoms with E-state index in [9.17, 15) is 8.78 Å². The molecule has 26 heavy (non-hydrogen) atoms. The molecule has 0 saturated carbocycles. The lowest BCUT2D eigenvalue weighted by Crippen LogP contribution is -2.13. The number of thiocarbonyl (C=S) groups is 1. The third-order valence-electron chi connectivity index (χ3n) is 4.00. The first-order chi connectivity index (χ1) is 12.4. The Balaban J connectivity index is 2.32. The highest BCUT2D eigenvalue weighted by molar-refractivity contribution is 9.10. The summed E-state index contributed by atoms with van der Waals surface area (Å²) in [7, 11) is 1.47. The van der Waals surface area contributed by atoms with Crippen molar-refractivity contribution in [2.24, 2.45) is 0 Å². The van der Waals surface area contributed by atoms with Crippen molar-refractivity contribution in [2.45, 2.75) is 33.3 Å². The van der Waals surface area contributed by atoms with E-state index >= 15 is 0 Å². The molecule has 3 nitrogen and oxygen atoms in total. The zero-order valence-electron chi connectivity index (χ0n) is 14.7. The highest BCUT2D eigenvalue weighted by Crippen LogP contribution is 2.34. The van der Waals surface area contributed by atoms with E-state index in [-0.39, 0.29) is 23.1 Å². The summed E-state index contributed by atoms with van der Waals surface area (Å²) < 4.78 is 38.4. The van der Waals surface area contributed by atoms with Crippen LogP contribution in [0.4, 0.5) is 14.5 Å². The number of methoxy groups -OCH3 is 1. The van der Waals surface area contributed by atoms with Crippen LogP contribution in [0.5, 0.6) is 5.75 Å². The van der Waals surface area contributed by atoms with Gasteiger partial charge in [-0.3, -0.25) is 0 Å². The molecule has 1 N–H and O–H groups in total. The third kappa shape index (κ3) is 4.92. The number of ether oxygens (including phenoxy) is 2. The molecule has 0 amide bonds. The van der Waals surface area contributed by atoms with Gasteiger partial charge in [-0.25, -0.2) is 8.78 Å². The number of alkyl halides is 2. The Labute approximate surface area is 165 Å². The maximum Gasteiger partial charge on any atom is 0.267 e. The van der Waals surface area contributed by atoms with Crippen LogP contribution >= 0.6 is 28.1 Å². The minimum atomic E-state index is -2.60. The number of halogens is 3. The van der Waals surface area contributed by atoms with Crippen LogP contribution in [0.3, 0.4) is 0 Å². The molecular formula is C19H20BrF2NO2S. The molecule has 2 aromatic carbocycles. The fourth-order valence-electron chi connectivity index (χ4n) is 2.56. The van der Waals surface area contributed by atoms with Gasteiger partial charge in [-0.05, 0) is 61.0 Å². The summed E-state index contributed by atoms with van der Waals surface area (Å²) in [5.41, 5.74) is 3.16. The highest BCUT2D eigenvalue weighted by atomic mass is 79.9. The standard InChI is InChI=1S/C19H20BrF2NO2S/c1-4-12-9-13(18(21)22)17(8-11(12)2)25-10-14-15(20)6-5-7-16(14)23-19(26)24-3/h5-9,18H,4,10H2,1-3H3,(H,23,26). The molecule has 0 aliphatic heterocycles. The first-order valence-corrected chi connectivity index (χ1v) is 9.24. The largest absolute Gasteiger partial charge is 0.488 e. The summed E-state index contributed by atoms with van der Waals surface area (Å²) in [6.07, 6.45) is -1.91. The van der Waals surface area contributed by atoms with Crippen molar-refractivity contribution in [1.82, 2.24) is 0 Å². The number of hydrogen-bond acceptors (Lipinski definition) is 3. The van der Waals surface area contributed by atoms with E-state index in [1.165, 1.54) is 13.2 Å². The summed E-state index contributed by atoms with van der Waals surface area (Å²) >= 11 is 8.49. The molecule has 0 atom stereocenters. The van der Waals surface area contributed by atoms with Crippen LogP contribution in [0.1, 0.15) is 35.6 Å². The third-order valence-corrected chi connectivity index (χ3v) is 5.01. The van der Waals surface area contributed by atoms with Crippen molar-refractivity contribution in [3.8, 4) is 5.75 Å². The van der Waals surface area contributed by atoms with Gasteiger partial charge in [0.25, 0.3) is 11.6 Å². The molecule has 0 spiro atoms. The van der Waals surface area contributed by atoms with Gasteiger partial charge in [0.1, 0.15) is 12.4 Å². The van der Waals surface area contributed by atoms with Gasteiger partial charge in [0.15, 0.2) is 0 Å². The van der Waals surface area contributed by atoms with Crippen molar-refractivity contribution in [2.75, 3.05) is 12.4 Å². The number of hydrogen-bond donors (Lipinski definition) is 1. The van der Waals surface area contributed by atoms with Gasteiger partial charge >= 0.3 is 0 Å². The molecule has 0 aliphatic carbocycles. The Morgan fingerprint density at radius 1 is 1.31 bits per heavy atom. The molecule has 0 radical (unpaired) electrons. The summed E-state index contributed by atoms with van der Waals surface area (Å²) in [4.78, 5) is 0. The summed E-state index contributed by atoms with van der Waals surface area (Å²) in [5, 5.41) is 3.16. The second-order valence-corrected chi connectivity index (χ2v) is 6.87. The average Bonchev–Trinajstić information content (AvgIpc) is 2.60. The van der Waals surface area contributed by atoms with Crippen molar-refractivity contribution in [1.29, 1.82) is 0 Å². The van der Waals surface area contributed by atoms with Crippen LogP contribution < -0.4 is 10.1 Å². The molecule has 140 valence electrons. The van der Waals surface area contributed by atoms with E-state index in [0.717, 1.165) is 21.2 Å². The van der Waals surface area contributed by atoms with Crippen molar-refractivity contribution in [3.63, 3.8) is 0 Å². The van der Waals surface area contributed by atoms with Crippen LogP contribution in [0.2, 0.25) is 0 Å². The average molecular weight is 444 g/mol. The number of aryl methyl sites for hydroxylation is 2. The van der Waals surface area contributed by atoms with E-state index in [1.807, 2.05) is 32.0 Å². The molecule has 2 rings (SSSR count).